The number of hydrogen-bond acceptors (Lipinski definition) is 0. The lowest BCUT2D eigenvalue weighted by atomic mass is 9.84. The predicted molar refractivity (Wildman–Crippen MR) is 66.6 cm³/mol. The molecule has 0 atom stereocenters. The van der Waals surface area contributed by atoms with Crippen LogP contribution in [0, 0.1) is 5.92 Å². The summed E-state index contributed by atoms with van der Waals surface area (Å²) >= 11 is 0. The number of fused-ring (bicyclic) bond motifs is 1. The van der Waals surface area contributed by atoms with Gasteiger partial charge in [0, 0.05) is 5.92 Å². The Hall–Kier alpha value is -1.04. The topological polar surface area (TPSA) is 0 Å². The van der Waals surface area contributed by atoms with Crippen LogP contribution in [0.4, 0.5) is 0 Å². The molecule has 15 heavy (non-hydrogen) atoms. The summed E-state index contributed by atoms with van der Waals surface area (Å²) in [6.45, 7) is 2.26. The van der Waals surface area contributed by atoms with Crippen molar-refractivity contribution in [2.24, 2.45) is 0 Å². The molecule has 2 rings (SSSR count). The van der Waals surface area contributed by atoms with Gasteiger partial charge in [0.25, 0.3) is 0 Å². The summed E-state index contributed by atoms with van der Waals surface area (Å²) in [5.41, 5.74) is 2.88. The number of allylic oxidation sites excluding steroid dienone is 1. The van der Waals surface area contributed by atoms with Gasteiger partial charge >= 0.3 is 0 Å². The first-order valence-corrected chi connectivity index (χ1v) is 6.02. The minimum absolute atomic E-state index is 1.15. The van der Waals surface area contributed by atoms with E-state index in [0.717, 1.165) is 6.42 Å². The number of unbranched alkanes of at least 4 members (excludes halogenated alkanes) is 2. The van der Waals surface area contributed by atoms with Gasteiger partial charge in [-0.15, -0.1) is 0 Å². The molecule has 0 unspecified atom stereocenters. The highest BCUT2D eigenvalue weighted by molar-refractivity contribution is 5.61. The lowest BCUT2D eigenvalue weighted by Crippen LogP contribution is -2.04. The molecule has 0 nitrogen and oxygen atoms in total. The van der Waals surface area contributed by atoms with Crippen LogP contribution < -0.4 is 0 Å². The van der Waals surface area contributed by atoms with Crippen LogP contribution >= 0.6 is 0 Å². The predicted octanol–water partition coefficient (Wildman–Crippen LogP) is 4.61. The van der Waals surface area contributed by atoms with E-state index in [1.807, 2.05) is 0 Å². The van der Waals surface area contributed by atoms with Crippen LogP contribution in [-0.2, 0) is 0 Å². The molecule has 0 aromatic heterocycles. The maximum absolute atomic E-state index is 2.30. The average molecular weight is 199 g/mol. The van der Waals surface area contributed by atoms with E-state index in [9.17, 15) is 0 Å². The Kier molecular flexibility index (Phi) is 3.60. The third-order valence-electron chi connectivity index (χ3n) is 3.09. The second kappa shape index (κ2) is 5.16. The number of hydrogen-bond donors (Lipinski definition) is 0. The molecule has 0 heteroatoms. The fraction of sp³-hybridized carbons (Fsp3) is 0.400. The maximum Gasteiger partial charge on any atom is 0.00934 e. The third-order valence-corrected chi connectivity index (χ3v) is 3.09. The molecule has 79 valence electrons. The molecule has 0 fully saturated rings. The minimum Gasteiger partial charge on any atom is -0.0830 e. The lowest BCUT2D eigenvalue weighted by Gasteiger charge is -2.20. The lowest BCUT2D eigenvalue weighted by molar-refractivity contribution is 0.672. The molecule has 0 bridgehead atoms. The molecule has 0 aliphatic heterocycles. The van der Waals surface area contributed by atoms with E-state index in [1.165, 1.54) is 36.8 Å². The van der Waals surface area contributed by atoms with Gasteiger partial charge in [0.2, 0.25) is 0 Å². The van der Waals surface area contributed by atoms with E-state index in [-0.39, 0.29) is 0 Å². The Labute approximate surface area is 93.0 Å². The van der Waals surface area contributed by atoms with E-state index in [4.69, 9.17) is 0 Å². The van der Waals surface area contributed by atoms with Crippen LogP contribution in [0.2, 0.25) is 0 Å². The second-order valence-electron chi connectivity index (χ2n) is 4.25. The zero-order valence-corrected chi connectivity index (χ0v) is 9.50. The van der Waals surface area contributed by atoms with Gasteiger partial charge in [-0.2, -0.15) is 0 Å². The molecule has 0 N–H and O–H groups in total. The Morgan fingerprint density at radius 3 is 2.87 bits per heavy atom. The summed E-state index contributed by atoms with van der Waals surface area (Å²) in [5, 5.41) is 0. The first kappa shape index (κ1) is 10.5. The molecule has 1 aromatic rings. The van der Waals surface area contributed by atoms with Crippen molar-refractivity contribution in [3.05, 3.63) is 47.4 Å². The van der Waals surface area contributed by atoms with Gasteiger partial charge < -0.3 is 0 Å². The van der Waals surface area contributed by atoms with Crippen LogP contribution in [0.5, 0.6) is 0 Å². The van der Waals surface area contributed by atoms with Crippen LogP contribution in [-0.4, -0.2) is 0 Å². The zero-order valence-electron chi connectivity index (χ0n) is 9.50. The molecule has 1 aromatic carbocycles. The van der Waals surface area contributed by atoms with Crippen molar-refractivity contribution >= 4 is 6.08 Å². The van der Waals surface area contributed by atoms with Crippen molar-refractivity contribution in [1.29, 1.82) is 0 Å². The summed E-state index contributed by atoms with van der Waals surface area (Å²) in [4.78, 5) is 0. The zero-order chi connectivity index (χ0) is 10.5. The van der Waals surface area contributed by atoms with E-state index in [2.05, 4.69) is 43.3 Å². The van der Waals surface area contributed by atoms with Crippen molar-refractivity contribution < 1.29 is 0 Å². The Bertz CT molecular complexity index is 336. The van der Waals surface area contributed by atoms with Crippen molar-refractivity contribution in [3.8, 4) is 0 Å². The molecule has 0 amide bonds. The van der Waals surface area contributed by atoms with Crippen LogP contribution in [0.1, 0.15) is 50.2 Å². The SMILES string of the molecule is CCCCC[C]1CC=Cc2ccccc21. The summed E-state index contributed by atoms with van der Waals surface area (Å²) in [5.74, 6) is 1.63. The standard InChI is InChI=1S/C15H19/c1-2-3-4-8-13-10-7-11-14-9-5-6-12-15(13)14/h5-7,9,11-12H,2-4,8,10H2,1H3. The Balaban J connectivity index is 2.05. The highest BCUT2D eigenvalue weighted by Crippen LogP contribution is 2.32. The van der Waals surface area contributed by atoms with E-state index < -0.39 is 0 Å². The maximum atomic E-state index is 2.30. The third kappa shape index (κ3) is 2.50. The number of rotatable bonds is 4. The monoisotopic (exact) mass is 199 g/mol. The number of benzene rings is 1. The normalized spacial score (nSPS) is 15.3. The molecular weight excluding hydrogens is 180 g/mol. The first-order valence-electron chi connectivity index (χ1n) is 6.02. The van der Waals surface area contributed by atoms with Gasteiger partial charge in [-0.25, -0.2) is 0 Å². The smallest absolute Gasteiger partial charge is 0.00934 e. The van der Waals surface area contributed by atoms with Crippen LogP contribution in [0.3, 0.4) is 0 Å². The highest BCUT2D eigenvalue weighted by Gasteiger charge is 2.15. The molecule has 0 heterocycles. The van der Waals surface area contributed by atoms with E-state index in [1.54, 1.807) is 5.92 Å². The summed E-state index contributed by atoms with van der Waals surface area (Å²) in [6, 6.07) is 8.75. The average Bonchev–Trinajstić information content (AvgIpc) is 2.30. The highest BCUT2D eigenvalue weighted by atomic mass is 14.2. The molecule has 1 radical (unpaired) electrons. The Morgan fingerprint density at radius 2 is 2.00 bits per heavy atom. The molecule has 1 aliphatic rings. The molecule has 1 aliphatic carbocycles. The summed E-state index contributed by atoms with van der Waals surface area (Å²) in [6.07, 6.45) is 11.0. The summed E-state index contributed by atoms with van der Waals surface area (Å²) < 4.78 is 0. The van der Waals surface area contributed by atoms with Gasteiger partial charge in [-0.3, -0.25) is 0 Å². The molecule has 0 saturated carbocycles. The van der Waals surface area contributed by atoms with Crippen molar-refractivity contribution in [1.82, 2.24) is 0 Å². The van der Waals surface area contributed by atoms with E-state index in [0.29, 0.717) is 0 Å². The van der Waals surface area contributed by atoms with Crippen LogP contribution in [0.15, 0.2) is 30.3 Å². The van der Waals surface area contributed by atoms with Gasteiger partial charge in [-0.05, 0) is 24.0 Å². The van der Waals surface area contributed by atoms with Gasteiger partial charge in [0.15, 0.2) is 0 Å². The summed E-state index contributed by atoms with van der Waals surface area (Å²) in [7, 11) is 0. The van der Waals surface area contributed by atoms with Crippen molar-refractivity contribution in [2.45, 2.75) is 39.0 Å². The first-order chi connectivity index (χ1) is 7.42. The minimum atomic E-state index is 1.15. The fourth-order valence-corrected chi connectivity index (χ4v) is 2.23. The van der Waals surface area contributed by atoms with Crippen molar-refractivity contribution in [3.63, 3.8) is 0 Å². The molecule has 0 saturated heterocycles. The second-order valence-corrected chi connectivity index (χ2v) is 4.25. The van der Waals surface area contributed by atoms with Gasteiger partial charge in [0.05, 0.1) is 0 Å². The van der Waals surface area contributed by atoms with Gasteiger partial charge in [0.1, 0.15) is 0 Å². The molecular formula is C15H19. The Morgan fingerprint density at radius 1 is 1.13 bits per heavy atom. The fourth-order valence-electron chi connectivity index (χ4n) is 2.23. The van der Waals surface area contributed by atoms with Crippen molar-refractivity contribution in [2.75, 3.05) is 0 Å². The quantitative estimate of drug-likeness (QED) is 0.621. The van der Waals surface area contributed by atoms with E-state index >= 15 is 0 Å². The molecule has 0 spiro atoms. The van der Waals surface area contributed by atoms with Gasteiger partial charge in [-0.1, -0.05) is 62.6 Å². The van der Waals surface area contributed by atoms with Crippen LogP contribution in [0.25, 0.3) is 6.08 Å². The largest absolute Gasteiger partial charge is 0.0830 e.